The Morgan fingerprint density at radius 1 is 1.38 bits per heavy atom. The zero-order valence-corrected chi connectivity index (χ0v) is 7.82. The van der Waals surface area contributed by atoms with Gasteiger partial charge in [0.15, 0.2) is 6.10 Å². The Bertz CT molecular complexity index is 184. The van der Waals surface area contributed by atoms with Gasteiger partial charge in [0.2, 0.25) is 0 Å². The zero-order valence-electron chi connectivity index (χ0n) is 7.82. The first kappa shape index (κ1) is 10.5. The van der Waals surface area contributed by atoms with E-state index < -0.39 is 17.7 Å². The van der Waals surface area contributed by atoms with Gasteiger partial charge in [0.05, 0.1) is 7.11 Å². The first-order chi connectivity index (χ1) is 6.10. The Kier molecular flexibility index (Phi) is 3.27. The third-order valence-corrected chi connectivity index (χ3v) is 2.65. The Hall–Kier alpha value is -0.610. The number of esters is 1. The van der Waals surface area contributed by atoms with E-state index in [1.165, 1.54) is 7.11 Å². The van der Waals surface area contributed by atoms with E-state index in [9.17, 15) is 15.0 Å². The van der Waals surface area contributed by atoms with Crippen LogP contribution in [0.4, 0.5) is 0 Å². The summed E-state index contributed by atoms with van der Waals surface area (Å²) >= 11 is 0. The van der Waals surface area contributed by atoms with Gasteiger partial charge in [-0.1, -0.05) is 19.3 Å². The topological polar surface area (TPSA) is 66.8 Å². The molecule has 76 valence electrons. The van der Waals surface area contributed by atoms with Gasteiger partial charge in [0.1, 0.15) is 5.60 Å². The summed E-state index contributed by atoms with van der Waals surface area (Å²) in [5.74, 6) is -0.746. The second kappa shape index (κ2) is 4.07. The molecule has 2 N–H and O–H groups in total. The number of hydrogen-bond acceptors (Lipinski definition) is 4. The van der Waals surface area contributed by atoms with E-state index in [0.29, 0.717) is 12.8 Å². The summed E-state index contributed by atoms with van der Waals surface area (Å²) in [5, 5.41) is 19.4. The summed E-state index contributed by atoms with van der Waals surface area (Å²) in [6, 6.07) is 0. The highest BCUT2D eigenvalue weighted by Crippen LogP contribution is 2.31. The van der Waals surface area contributed by atoms with E-state index >= 15 is 0 Å². The smallest absolute Gasteiger partial charge is 0.337 e. The van der Waals surface area contributed by atoms with E-state index in [-0.39, 0.29) is 0 Å². The number of methoxy groups -OCH3 is 1. The summed E-state index contributed by atoms with van der Waals surface area (Å²) in [6.45, 7) is 0. The molecule has 1 aliphatic carbocycles. The fourth-order valence-electron chi connectivity index (χ4n) is 1.77. The summed E-state index contributed by atoms with van der Waals surface area (Å²) in [7, 11) is 1.21. The van der Waals surface area contributed by atoms with Crippen molar-refractivity contribution < 1.29 is 19.7 Å². The molecule has 0 heterocycles. The van der Waals surface area contributed by atoms with Crippen LogP contribution in [0.15, 0.2) is 0 Å². The molecule has 0 aliphatic heterocycles. The minimum atomic E-state index is -1.39. The molecule has 0 unspecified atom stereocenters. The van der Waals surface area contributed by atoms with Gasteiger partial charge in [0.25, 0.3) is 0 Å². The number of carbonyl (C=O) groups is 1. The molecular formula is C9H16O4. The molecule has 0 saturated heterocycles. The number of rotatable bonds is 2. The number of aliphatic hydroxyl groups is 2. The maximum Gasteiger partial charge on any atom is 0.337 e. The molecule has 1 rings (SSSR count). The minimum absolute atomic E-state index is 0.475. The van der Waals surface area contributed by atoms with Crippen LogP contribution in [0.5, 0.6) is 0 Å². The quantitative estimate of drug-likeness (QED) is 0.608. The van der Waals surface area contributed by atoms with Crippen LogP contribution in [0.25, 0.3) is 0 Å². The van der Waals surface area contributed by atoms with Gasteiger partial charge in [-0.2, -0.15) is 0 Å². The lowest BCUT2D eigenvalue weighted by molar-refractivity contribution is -0.170. The average Bonchev–Trinajstić information content (AvgIpc) is 2.16. The Morgan fingerprint density at radius 2 is 1.92 bits per heavy atom. The van der Waals surface area contributed by atoms with Gasteiger partial charge in [-0.25, -0.2) is 4.79 Å². The second-order valence-corrected chi connectivity index (χ2v) is 3.59. The second-order valence-electron chi connectivity index (χ2n) is 3.59. The summed E-state index contributed by atoms with van der Waals surface area (Å²) < 4.78 is 4.38. The molecule has 13 heavy (non-hydrogen) atoms. The van der Waals surface area contributed by atoms with Crippen molar-refractivity contribution in [3.05, 3.63) is 0 Å². The van der Waals surface area contributed by atoms with Gasteiger partial charge in [0, 0.05) is 0 Å². The van der Waals surface area contributed by atoms with Crippen molar-refractivity contribution in [1.29, 1.82) is 0 Å². The van der Waals surface area contributed by atoms with Crippen molar-refractivity contribution in [2.45, 2.75) is 43.8 Å². The Morgan fingerprint density at radius 3 is 2.38 bits per heavy atom. The molecule has 4 nitrogen and oxygen atoms in total. The van der Waals surface area contributed by atoms with E-state index in [4.69, 9.17) is 0 Å². The molecule has 4 heteroatoms. The Labute approximate surface area is 77.5 Å². The van der Waals surface area contributed by atoms with Crippen LogP contribution in [0, 0.1) is 0 Å². The predicted molar refractivity (Wildman–Crippen MR) is 46.1 cm³/mol. The van der Waals surface area contributed by atoms with Crippen LogP contribution >= 0.6 is 0 Å². The van der Waals surface area contributed by atoms with Gasteiger partial charge < -0.3 is 14.9 Å². The van der Waals surface area contributed by atoms with Gasteiger partial charge in [-0.3, -0.25) is 0 Å². The van der Waals surface area contributed by atoms with Crippen molar-refractivity contribution in [3.63, 3.8) is 0 Å². The largest absolute Gasteiger partial charge is 0.467 e. The van der Waals surface area contributed by atoms with Crippen molar-refractivity contribution >= 4 is 5.97 Å². The molecule has 0 aromatic rings. The average molecular weight is 188 g/mol. The summed E-state index contributed by atoms with van der Waals surface area (Å²) in [5.41, 5.74) is -1.26. The van der Waals surface area contributed by atoms with Gasteiger partial charge >= 0.3 is 5.97 Å². The van der Waals surface area contributed by atoms with E-state index in [2.05, 4.69) is 4.74 Å². The first-order valence-electron chi connectivity index (χ1n) is 4.58. The standard InChI is InChI=1S/C9H16O4/c1-13-8(11)7(10)9(12)5-3-2-4-6-9/h7,10,12H,2-6H2,1H3/t7-/m0/s1. The van der Waals surface area contributed by atoms with Crippen molar-refractivity contribution in [1.82, 2.24) is 0 Å². The highest BCUT2D eigenvalue weighted by Gasteiger charge is 2.41. The van der Waals surface area contributed by atoms with E-state index in [1.54, 1.807) is 0 Å². The molecule has 0 spiro atoms. The third-order valence-electron chi connectivity index (χ3n) is 2.65. The lowest BCUT2D eigenvalue weighted by atomic mass is 9.81. The molecule has 0 aromatic carbocycles. The van der Waals surface area contributed by atoms with Crippen LogP contribution in [0.3, 0.4) is 0 Å². The highest BCUT2D eigenvalue weighted by atomic mass is 16.5. The maximum absolute atomic E-state index is 11.0. The van der Waals surface area contributed by atoms with Crippen LogP contribution in [-0.4, -0.2) is 35.0 Å². The minimum Gasteiger partial charge on any atom is -0.467 e. The lowest BCUT2D eigenvalue weighted by Gasteiger charge is -2.34. The fraction of sp³-hybridized carbons (Fsp3) is 0.889. The number of carbonyl (C=O) groups excluding carboxylic acids is 1. The predicted octanol–water partition coefficient (Wildman–Crippen LogP) is 0.215. The fourth-order valence-corrected chi connectivity index (χ4v) is 1.77. The number of hydrogen-bond donors (Lipinski definition) is 2. The van der Waals surface area contributed by atoms with Crippen LogP contribution in [0.1, 0.15) is 32.1 Å². The molecule has 0 bridgehead atoms. The van der Waals surface area contributed by atoms with E-state index in [1.807, 2.05) is 0 Å². The Balaban J connectivity index is 2.61. The molecule has 1 atom stereocenters. The number of aliphatic hydroxyl groups excluding tert-OH is 1. The van der Waals surface area contributed by atoms with Crippen molar-refractivity contribution in [2.24, 2.45) is 0 Å². The van der Waals surface area contributed by atoms with Crippen molar-refractivity contribution in [2.75, 3.05) is 7.11 Å². The summed E-state index contributed by atoms with van der Waals surface area (Å²) in [4.78, 5) is 11.0. The SMILES string of the molecule is COC(=O)[C@H](O)C1(O)CCCCC1. The third kappa shape index (κ3) is 2.19. The van der Waals surface area contributed by atoms with Crippen LogP contribution in [0.2, 0.25) is 0 Å². The molecular weight excluding hydrogens is 172 g/mol. The van der Waals surface area contributed by atoms with Gasteiger partial charge in [-0.05, 0) is 12.8 Å². The van der Waals surface area contributed by atoms with Crippen LogP contribution in [-0.2, 0) is 9.53 Å². The highest BCUT2D eigenvalue weighted by molar-refractivity contribution is 5.75. The van der Waals surface area contributed by atoms with E-state index in [0.717, 1.165) is 19.3 Å². The number of ether oxygens (including phenoxy) is 1. The zero-order chi connectivity index (χ0) is 9.90. The monoisotopic (exact) mass is 188 g/mol. The lowest BCUT2D eigenvalue weighted by Crippen LogP contribution is -2.48. The molecule has 1 aliphatic rings. The molecule has 0 amide bonds. The van der Waals surface area contributed by atoms with Crippen molar-refractivity contribution in [3.8, 4) is 0 Å². The van der Waals surface area contributed by atoms with Crippen LogP contribution < -0.4 is 0 Å². The molecule has 1 fully saturated rings. The first-order valence-corrected chi connectivity index (χ1v) is 4.58. The summed E-state index contributed by atoms with van der Waals surface area (Å²) in [6.07, 6.45) is 2.32. The normalized spacial score (nSPS) is 23.6. The molecule has 0 aromatic heterocycles. The molecule has 0 radical (unpaired) electrons. The molecule has 1 saturated carbocycles. The maximum atomic E-state index is 11.0. The van der Waals surface area contributed by atoms with Gasteiger partial charge in [-0.15, -0.1) is 0 Å².